The van der Waals surface area contributed by atoms with Gasteiger partial charge in [-0.05, 0) is 42.6 Å². The number of nitrogens with two attached hydrogens (primary N) is 1. The molecule has 1 aliphatic heterocycles. The lowest BCUT2D eigenvalue weighted by atomic mass is 9.90. The number of benzene rings is 1. The molecule has 1 aromatic carbocycles. The minimum Gasteiger partial charge on any atom is -0.497 e. The maximum absolute atomic E-state index is 12.1. The van der Waals surface area contributed by atoms with Gasteiger partial charge in [0.2, 0.25) is 5.91 Å². The van der Waals surface area contributed by atoms with Crippen LogP contribution in [0, 0.1) is 5.41 Å². The molecule has 1 aromatic rings. The van der Waals surface area contributed by atoms with Gasteiger partial charge in [0.25, 0.3) is 0 Å². The van der Waals surface area contributed by atoms with Gasteiger partial charge >= 0.3 is 0 Å². The SMILES string of the molecule is COc1ccc(OCCC(=O)N2CCC(C)(CN)C2)cc1.Cl. The molecule has 1 heterocycles. The van der Waals surface area contributed by atoms with E-state index in [1.807, 2.05) is 29.2 Å². The third-order valence-corrected chi connectivity index (χ3v) is 4.05. The zero-order valence-electron chi connectivity index (χ0n) is 13.2. The van der Waals surface area contributed by atoms with Crippen molar-refractivity contribution < 1.29 is 14.3 Å². The fourth-order valence-electron chi connectivity index (χ4n) is 2.49. The Morgan fingerprint density at radius 2 is 1.95 bits per heavy atom. The molecule has 1 fully saturated rings. The summed E-state index contributed by atoms with van der Waals surface area (Å²) in [7, 11) is 1.62. The number of carbonyl (C=O) groups is 1. The number of ether oxygens (including phenoxy) is 2. The molecule has 1 atom stereocenters. The van der Waals surface area contributed by atoms with Crippen LogP contribution in [-0.2, 0) is 4.79 Å². The minimum absolute atomic E-state index is 0. The molecule has 1 saturated heterocycles. The van der Waals surface area contributed by atoms with Gasteiger partial charge in [-0.15, -0.1) is 12.4 Å². The third-order valence-electron chi connectivity index (χ3n) is 4.05. The first kappa shape index (κ1) is 18.6. The minimum atomic E-state index is 0. The molecule has 22 heavy (non-hydrogen) atoms. The average molecular weight is 329 g/mol. The van der Waals surface area contributed by atoms with Crippen LogP contribution in [0.25, 0.3) is 0 Å². The van der Waals surface area contributed by atoms with E-state index < -0.39 is 0 Å². The molecule has 0 spiro atoms. The Morgan fingerprint density at radius 3 is 2.50 bits per heavy atom. The quantitative estimate of drug-likeness (QED) is 0.868. The number of methoxy groups -OCH3 is 1. The van der Waals surface area contributed by atoms with Crippen LogP contribution in [0.15, 0.2) is 24.3 Å². The van der Waals surface area contributed by atoms with E-state index in [0.717, 1.165) is 31.0 Å². The predicted octanol–water partition coefficient (Wildman–Crippen LogP) is 2.08. The van der Waals surface area contributed by atoms with Gasteiger partial charge in [-0.3, -0.25) is 4.79 Å². The number of halogens is 1. The molecule has 0 radical (unpaired) electrons. The molecule has 0 aromatic heterocycles. The molecule has 5 nitrogen and oxygen atoms in total. The summed E-state index contributed by atoms with van der Waals surface area (Å²) < 4.78 is 10.7. The summed E-state index contributed by atoms with van der Waals surface area (Å²) >= 11 is 0. The van der Waals surface area contributed by atoms with Crippen molar-refractivity contribution in [3.05, 3.63) is 24.3 Å². The lowest BCUT2D eigenvalue weighted by molar-refractivity contribution is -0.131. The Kier molecular flexibility index (Phi) is 6.97. The Balaban J connectivity index is 0.00000242. The molecule has 1 unspecified atom stereocenters. The fourth-order valence-corrected chi connectivity index (χ4v) is 2.49. The van der Waals surface area contributed by atoms with Crippen molar-refractivity contribution in [3.8, 4) is 11.5 Å². The van der Waals surface area contributed by atoms with Crippen LogP contribution < -0.4 is 15.2 Å². The van der Waals surface area contributed by atoms with Gasteiger partial charge < -0.3 is 20.1 Å². The van der Waals surface area contributed by atoms with Crippen molar-refractivity contribution in [1.82, 2.24) is 4.90 Å². The van der Waals surface area contributed by atoms with Crippen LogP contribution in [0.1, 0.15) is 19.8 Å². The summed E-state index contributed by atoms with van der Waals surface area (Å²) in [5.41, 5.74) is 5.83. The van der Waals surface area contributed by atoms with Crippen LogP contribution in [0.3, 0.4) is 0 Å². The molecule has 1 amide bonds. The molecule has 1 aliphatic rings. The van der Waals surface area contributed by atoms with E-state index in [-0.39, 0.29) is 23.7 Å². The highest BCUT2D eigenvalue weighted by molar-refractivity contribution is 5.85. The largest absolute Gasteiger partial charge is 0.497 e. The van der Waals surface area contributed by atoms with Crippen LogP contribution >= 0.6 is 12.4 Å². The van der Waals surface area contributed by atoms with Crippen LogP contribution in [0.4, 0.5) is 0 Å². The Bertz CT molecular complexity index is 481. The van der Waals surface area contributed by atoms with Crippen LogP contribution in [0.2, 0.25) is 0 Å². The van der Waals surface area contributed by atoms with Crippen molar-refractivity contribution in [2.45, 2.75) is 19.8 Å². The van der Waals surface area contributed by atoms with Gasteiger partial charge in [-0.2, -0.15) is 0 Å². The second-order valence-electron chi connectivity index (χ2n) is 5.85. The Morgan fingerprint density at radius 1 is 1.32 bits per heavy atom. The normalized spacial score (nSPS) is 20.4. The van der Waals surface area contributed by atoms with Gasteiger partial charge in [0, 0.05) is 13.1 Å². The van der Waals surface area contributed by atoms with Gasteiger partial charge in [-0.1, -0.05) is 6.92 Å². The highest BCUT2D eigenvalue weighted by atomic mass is 35.5. The van der Waals surface area contributed by atoms with Gasteiger partial charge in [0.05, 0.1) is 20.1 Å². The van der Waals surface area contributed by atoms with E-state index in [0.29, 0.717) is 19.6 Å². The molecule has 2 rings (SSSR count). The van der Waals surface area contributed by atoms with E-state index in [2.05, 4.69) is 6.92 Å². The van der Waals surface area contributed by atoms with Crippen molar-refractivity contribution in [2.75, 3.05) is 33.4 Å². The topological polar surface area (TPSA) is 64.8 Å². The molecule has 0 aliphatic carbocycles. The van der Waals surface area contributed by atoms with Gasteiger partial charge in [0.1, 0.15) is 11.5 Å². The van der Waals surface area contributed by atoms with E-state index in [9.17, 15) is 4.79 Å². The molecule has 0 saturated carbocycles. The van der Waals surface area contributed by atoms with E-state index >= 15 is 0 Å². The Labute approximate surface area is 138 Å². The molecular weight excluding hydrogens is 304 g/mol. The second kappa shape index (κ2) is 8.25. The van der Waals surface area contributed by atoms with Gasteiger partial charge in [0.15, 0.2) is 0 Å². The maximum Gasteiger partial charge on any atom is 0.226 e. The van der Waals surface area contributed by atoms with Crippen molar-refractivity contribution in [3.63, 3.8) is 0 Å². The fraction of sp³-hybridized carbons (Fsp3) is 0.562. The molecule has 124 valence electrons. The lowest BCUT2D eigenvalue weighted by Crippen LogP contribution is -2.35. The zero-order chi connectivity index (χ0) is 15.3. The molecular formula is C16H25ClN2O3. The second-order valence-corrected chi connectivity index (χ2v) is 5.85. The number of hydrogen-bond donors (Lipinski definition) is 1. The first-order valence-corrected chi connectivity index (χ1v) is 7.31. The van der Waals surface area contributed by atoms with Crippen LogP contribution in [0.5, 0.6) is 11.5 Å². The maximum atomic E-state index is 12.1. The zero-order valence-corrected chi connectivity index (χ0v) is 14.0. The number of likely N-dealkylation sites (tertiary alicyclic amines) is 1. The number of nitrogens with zero attached hydrogens (tertiary/aromatic N) is 1. The third kappa shape index (κ3) is 4.78. The first-order valence-electron chi connectivity index (χ1n) is 7.31. The number of hydrogen-bond acceptors (Lipinski definition) is 4. The summed E-state index contributed by atoms with van der Waals surface area (Å²) in [5.74, 6) is 1.68. The van der Waals surface area contributed by atoms with Crippen LogP contribution in [-0.4, -0.2) is 44.2 Å². The van der Waals surface area contributed by atoms with E-state index in [1.165, 1.54) is 0 Å². The Hall–Kier alpha value is -1.46. The van der Waals surface area contributed by atoms with Crippen molar-refractivity contribution in [1.29, 1.82) is 0 Å². The lowest BCUT2D eigenvalue weighted by Gasteiger charge is -2.22. The molecule has 2 N–H and O–H groups in total. The number of rotatable bonds is 6. The summed E-state index contributed by atoms with van der Waals surface area (Å²) in [6.07, 6.45) is 1.38. The highest BCUT2D eigenvalue weighted by Crippen LogP contribution is 2.28. The highest BCUT2D eigenvalue weighted by Gasteiger charge is 2.34. The van der Waals surface area contributed by atoms with E-state index in [1.54, 1.807) is 7.11 Å². The van der Waals surface area contributed by atoms with Crippen molar-refractivity contribution in [2.24, 2.45) is 11.1 Å². The summed E-state index contributed by atoms with van der Waals surface area (Å²) in [5, 5.41) is 0. The number of carbonyl (C=O) groups excluding carboxylic acids is 1. The van der Waals surface area contributed by atoms with E-state index in [4.69, 9.17) is 15.2 Å². The average Bonchev–Trinajstić information content (AvgIpc) is 2.91. The summed E-state index contributed by atoms with van der Waals surface area (Å²) in [6, 6.07) is 7.35. The van der Waals surface area contributed by atoms with Crippen molar-refractivity contribution >= 4 is 18.3 Å². The predicted molar refractivity (Wildman–Crippen MR) is 88.7 cm³/mol. The monoisotopic (exact) mass is 328 g/mol. The first-order chi connectivity index (χ1) is 10.1. The summed E-state index contributed by atoms with van der Waals surface area (Å²) in [4.78, 5) is 14.0. The van der Waals surface area contributed by atoms with Gasteiger partial charge in [-0.25, -0.2) is 0 Å². The number of amides is 1. The molecule has 6 heteroatoms. The summed E-state index contributed by atoms with van der Waals surface area (Å²) in [6.45, 7) is 4.70. The smallest absolute Gasteiger partial charge is 0.226 e. The molecule has 0 bridgehead atoms. The standard InChI is InChI=1S/C16H24N2O3.ClH/c1-16(11-17)8-9-18(12-16)15(19)7-10-21-14-5-3-13(20-2)4-6-14;/h3-6H,7-12,17H2,1-2H3;1H.